The van der Waals surface area contributed by atoms with Crippen LogP contribution in [0.15, 0.2) is 42.5 Å². The number of para-hydroxylation sites is 1. The third-order valence-electron chi connectivity index (χ3n) is 5.62. The van der Waals surface area contributed by atoms with Gasteiger partial charge in [0.2, 0.25) is 0 Å². The number of morpholine rings is 1. The summed E-state index contributed by atoms with van der Waals surface area (Å²) in [6, 6.07) is 11.2. The zero-order chi connectivity index (χ0) is 24.1. The lowest BCUT2D eigenvalue weighted by molar-refractivity contribution is -0.140. The molecule has 0 saturated carbocycles. The molecule has 0 aliphatic carbocycles. The average Bonchev–Trinajstić information content (AvgIpc) is 2.77. The van der Waals surface area contributed by atoms with Crippen molar-refractivity contribution in [2.75, 3.05) is 23.9 Å². The molecule has 1 aliphatic rings. The second-order valence-electron chi connectivity index (χ2n) is 8.21. The van der Waals surface area contributed by atoms with Gasteiger partial charge in [-0.15, -0.1) is 0 Å². The number of carbonyl (C=O) groups is 2. The van der Waals surface area contributed by atoms with E-state index in [0.29, 0.717) is 6.54 Å². The van der Waals surface area contributed by atoms with Gasteiger partial charge < -0.3 is 25.0 Å². The quantitative estimate of drug-likeness (QED) is 0.578. The van der Waals surface area contributed by atoms with E-state index in [1.165, 1.54) is 19.2 Å². The summed E-state index contributed by atoms with van der Waals surface area (Å²) in [4.78, 5) is 26.7. The van der Waals surface area contributed by atoms with Gasteiger partial charge in [-0.25, -0.2) is 9.18 Å². The van der Waals surface area contributed by atoms with Crippen LogP contribution in [0.3, 0.4) is 0 Å². The molecule has 33 heavy (non-hydrogen) atoms. The molecule has 2 N–H and O–H groups in total. The van der Waals surface area contributed by atoms with Crippen LogP contribution in [-0.4, -0.2) is 44.0 Å². The van der Waals surface area contributed by atoms with E-state index in [1.54, 1.807) is 0 Å². The Bertz CT molecular complexity index is 1010. The van der Waals surface area contributed by atoms with Gasteiger partial charge in [0.25, 0.3) is 0 Å². The summed E-state index contributed by atoms with van der Waals surface area (Å²) < 4.78 is 24.9. The van der Waals surface area contributed by atoms with E-state index in [0.717, 1.165) is 17.3 Å². The van der Waals surface area contributed by atoms with E-state index in [4.69, 9.17) is 21.1 Å². The molecule has 7 nitrogen and oxygen atoms in total. The Morgan fingerprint density at radius 3 is 2.70 bits per heavy atom. The minimum atomic E-state index is -0.627. The first-order valence-corrected chi connectivity index (χ1v) is 11.2. The van der Waals surface area contributed by atoms with Crippen molar-refractivity contribution < 1.29 is 23.5 Å². The molecular weight excluding hydrogens is 449 g/mol. The number of esters is 1. The Morgan fingerprint density at radius 1 is 1.27 bits per heavy atom. The maximum atomic E-state index is 14.1. The van der Waals surface area contributed by atoms with Crippen molar-refractivity contribution in [2.24, 2.45) is 0 Å². The van der Waals surface area contributed by atoms with Crippen molar-refractivity contribution in [3.05, 3.63) is 58.9 Å². The Hall–Kier alpha value is -2.84. The Labute approximate surface area is 198 Å². The lowest BCUT2D eigenvalue weighted by atomic mass is 9.94. The van der Waals surface area contributed by atoms with E-state index < -0.39 is 18.0 Å². The fraction of sp³-hybridized carbons (Fsp3) is 0.417. The van der Waals surface area contributed by atoms with Gasteiger partial charge in [-0.05, 0) is 49.6 Å². The molecule has 0 spiro atoms. The molecule has 1 heterocycles. The molecule has 0 bridgehead atoms. The molecule has 0 aromatic heterocycles. The summed E-state index contributed by atoms with van der Waals surface area (Å²) in [6.07, 6.45) is -0.724. The normalized spacial score (nSPS) is 21.3. The van der Waals surface area contributed by atoms with Gasteiger partial charge in [0.15, 0.2) is 0 Å². The molecule has 3 rings (SSSR count). The summed E-state index contributed by atoms with van der Waals surface area (Å²) in [5.74, 6) is -1.02. The van der Waals surface area contributed by atoms with Crippen LogP contribution >= 0.6 is 11.6 Å². The highest BCUT2D eigenvalue weighted by Crippen LogP contribution is 2.33. The lowest BCUT2D eigenvalue weighted by Gasteiger charge is -2.45. The average molecular weight is 478 g/mol. The number of methoxy groups -OCH3 is 1. The Balaban J connectivity index is 1.85. The second kappa shape index (κ2) is 10.9. The first-order chi connectivity index (χ1) is 15.7. The Kier molecular flexibility index (Phi) is 8.15. The minimum Gasteiger partial charge on any atom is -0.469 e. The largest absolute Gasteiger partial charge is 0.469 e. The molecule has 0 radical (unpaired) electrons. The molecule has 178 valence electrons. The number of anilines is 2. The molecule has 2 aromatic carbocycles. The number of urea groups is 1. The summed E-state index contributed by atoms with van der Waals surface area (Å²) in [5.41, 5.74) is 1.87. The minimum absolute atomic E-state index is 0.0216. The molecule has 1 fully saturated rings. The third-order valence-corrected chi connectivity index (χ3v) is 5.85. The molecule has 1 saturated heterocycles. The van der Waals surface area contributed by atoms with Crippen LogP contribution in [-0.2, 0) is 14.3 Å². The topological polar surface area (TPSA) is 79.9 Å². The molecule has 4 atom stereocenters. The fourth-order valence-electron chi connectivity index (χ4n) is 4.06. The number of benzene rings is 2. The molecule has 9 heteroatoms. The number of carbonyl (C=O) groups excluding carboxylic acids is 2. The maximum absolute atomic E-state index is 14.1. The molecule has 1 aliphatic heterocycles. The molecule has 2 unspecified atom stereocenters. The zero-order valence-electron chi connectivity index (χ0n) is 19.1. The van der Waals surface area contributed by atoms with Crippen LogP contribution in [0, 0.1) is 5.82 Å². The summed E-state index contributed by atoms with van der Waals surface area (Å²) in [6.45, 7) is 6.31. The van der Waals surface area contributed by atoms with Gasteiger partial charge in [0, 0.05) is 17.3 Å². The highest BCUT2D eigenvalue weighted by Gasteiger charge is 2.35. The smallest absolute Gasteiger partial charge is 0.321 e. The first-order valence-electron chi connectivity index (χ1n) is 10.8. The monoisotopic (exact) mass is 477 g/mol. The van der Waals surface area contributed by atoms with Crippen molar-refractivity contribution in [1.29, 1.82) is 0 Å². The highest BCUT2D eigenvalue weighted by molar-refractivity contribution is 6.30. The third kappa shape index (κ3) is 6.15. The van der Waals surface area contributed by atoms with E-state index >= 15 is 0 Å². The summed E-state index contributed by atoms with van der Waals surface area (Å²) >= 11 is 5.79. The number of hydrogen-bond acceptors (Lipinski definition) is 5. The predicted molar refractivity (Wildman–Crippen MR) is 126 cm³/mol. The van der Waals surface area contributed by atoms with Crippen molar-refractivity contribution in [1.82, 2.24) is 5.32 Å². The van der Waals surface area contributed by atoms with Crippen LogP contribution in [0.25, 0.3) is 0 Å². The van der Waals surface area contributed by atoms with Gasteiger partial charge in [0.05, 0.1) is 31.4 Å². The number of hydrogen-bond donors (Lipinski definition) is 2. The van der Waals surface area contributed by atoms with Crippen LogP contribution in [0.5, 0.6) is 0 Å². The molecular formula is C24H29ClFN3O4. The van der Waals surface area contributed by atoms with Crippen LogP contribution < -0.4 is 15.5 Å². The summed E-state index contributed by atoms with van der Waals surface area (Å²) in [7, 11) is 1.37. The van der Waals surface area contributed by atoms with E-state index in [1.807, 2.05) is 45.0 Å². The van der Waals surface area contributed by atoms with E-state index in [-0.39, 0.29) is 41.2 Å². The molecule has 2 aromatic rings. The van der Waals surface area contributed by atoms with Crippen LogP contribution in [0.4, 0.5) is 20.6 Å². The number of ether oxygens (including phenoxy) is 2. The SMILES string of the molecule is COC(=O)CC(C)c1ccccc1N1C[C@@H](C)O[C@@H](C)C1NC(=O)Nc1ccc(Cl)cc1F. The van der Waals surface area contributed by atoms with Gasteiger partial charge >= 0.3 is 12.0 Å². The first kappa shape index (κ1) is 24.8. The number of rotatable bonds is 6. The number of amides is 2. The molecule has 2 amide bonds. The summed E-state index contributed by atoms with van der Waals surface area (Å²) in [5, 5.41) is 5.68. The lowest BCUT2D eigenvalue weighted by Crippen LogP contribution is -2.62. The second-order valence-corrected chi connectivity index (χ2v) is 8.65. The zero-order valence-corrected chi connectivity index (χ0v) is 19.9. The number of halogens is 2. The van der Waals surface area contributed by atoms with Gasteiger partial charge in [-0.2, -0.15) is 0 Å². The van der Waals surface area contributed by atoms with Gasteiger partial charge in [-0.1, -0.05) is 36.7 Å². The van der Waals surface area contributed by atoms with Crippen molar-refractivity contribution in [2.45, 2.75) is 51.5 Å². The standard InChI is InChI=1S/C24H29ClFN3O4/c1-14(11-22(30)32-4)18-7-5-6-8-21(18)29-13-15(2)33-16(3)23(29)28-24(31)27-20-10-9-17(25)12-19(20)26/h5-10,12,14-16,23H,11,13H2,1-4H3,(H2,27,28,31)/t14?,15-,16+,23?/m1/s1. The van der Waals surface area contributed by atoms with Gasteiger partial charge in [0.1, 0.15) is 12.0 Å². The number of nitrogens with zero attached hydrogens (tertiary/aromatic N) is 1. The van der Waals surface area contributed by atoms with Crippen molar-refractivity contribution in [3.8, 4) is 0 Å². The van der Waals surface area contributed by atoms with E-state index in [9.17, 15) is 14.0 Å². The number of nitrogens with one attached hydrogen (secondary N) is 2. The van der Waals surface area contributed by atoms with E-state index in [2.05, 4.69) is 15.5 Å². The maximum Gasteiger partial charge on any atom is 0.321 e. The van der Waals surface area contributed by atoms with Crippen LogP contribution in [0.1, 0.15) is 38.7 Å². The highest BCUT2D eigenvalue weighted by atomic mass is 35.5. The Morgan fingerprint density at radius 2 is 2.00 bits per heavy atom. The van der Waals surface area contributed by atoms with Gasteiger partial charge in [-0.3, -0.25) is 4.79 Å². The van der Waals surface area contributed by atoms with Crippen LogP contribution in [0.2, 0.25) is 5.02 Å². The van der Waals surface area contributed by atoms with Crippen molar-refractivity contribution >= 4 is 35.0 Å². The van der Waals surface area contributed by atoms with Crippen molar-refractivity contribution in [3.63, 3.8) is 0 Å². The predicted octanol–water partition coefficient (Wildman–Crippen LogP) is 4.91. The fourth-order valence-corrected chi connectivity index (χ4v) is 4.22.